The number of alkyl halides is 1. The minimum atomic E-state index is -0.929. The summed E-state index contributed by atoms with van der Waals surface area (Å²) in [7, 11) is 0. The number of aromatic amines is 1. The molecule has 0 fully saturated rings. The van der Waals surface area contributed by atoms with Crippen LogP contribution in [0.15, 0.2) is 42.7 Å². The van der Waals surface area contributed by atoms with Gasteiger partial charge in [-0.3, -0.25) is 4.79 Å². The highest BCUT2D eigenvalue weighted by Gasteiger charge is 2.16. The van der Waals surface area contributed by atoms with Gasteiger partial charge in [-0.15, -0.1) is 0 Å². The molecule has 0 bridgehead atoms. The van der Waals surface area contributed by atoms with Gasteiger partial charge in [-0.25, -0.2) is 4.98 Å². The Bertz CT molecular complexity index is 895. The third kappa shape index (κ3) is 3.91. The highest BCUT2D eigenvalue weighted by Crippen LogP contribution is 2.22. The van der Waals surface area contributed by atoms with Gasteiger partial charge < -0.3 is 15.4 Å². The van der Waals surface area contributed by atoms with Crippen LogP contribution < -0.4 is 5.32 Å². The fourth-order valence-electron chi connectivity index (χ4n) is 2.67. The number of carbonyl (C=O) groups excluding carboxylic acids is 1. The van der Waals surface area contributed by atoms with Gasteiger partial charge in [0.2, 0.25) is 0 Å². The molecule has 0 unspecified atom stereocenters. The molecule has 0 saturated heterocycles. The van der Waals surface area contributed by atoms with Crippen LogP contribution in [0.25, 0.3) is 10.9 Å². The zero-order chi connectivity index (χ0) is 18.0. The van der Waals surface area contributed by atoms with E-state index in [0.29, 0.717) is 11.4 Å². The largest absolute Gasteiger partial charge is 0.386 e. The summed E-state index contributed by atoms with van der Waals surface area (Å²) in [5.41, 5.74) is 2.48. The fourth-order valence-corrected chi connectivity index (χ4v) is 3.10. The van der Waals surface area contributed by atoms with E-state index in [1.165, 1.54) is 5.56 Å². The molecule has 0 saturated carbocycles. The lowest BCUT2D eigenvalue weighted by Crippen LogP contribution is -2.17. The fraction of sp³-hybridized carbons (Fsp3) is 0.263. The zero-order valence-electron chi connectivity index (χ0n) is 14.1. The van der Waals surface area contributed by atoms with E-state index in [4.69, 9.17) is 0 Å². The molecule has 3 rings (SSSR count). The van der Waals surface area contributed by atoms with Crippen molar-refractivity contribution in [3.63, 3.8) is 0 Å². The summed E-state index contributed by atoms with van der Waals surface area (Å²) in [5.74, 6) is 0.262. The van der Waals surface area contributed by atoms with Gasteiger partial charge in [-0.05, 0) is 43.5 Å². The van der Waals surface area contributed by atoms with Crippen LogP contribution in [0.5, 0.6) is 0 Å². The average Bonchev–Trinajstić information content (AvgIpc) is 2.97. The average molecular weight is 402 g/mol. The quantitative estimate of drug-likeness (QED) is 0.565. The molecule has 0 aliphatic rings. The Kier molecular flexibility index (Phi) is 4.92. The first-order chi connectivity index (χ1) is 11.9. The molecule has 6 heteroatoms. The molecule has 1 aromatic carbocycles. The van der Waals surface area contributed by atoms with Gasteiger partial charge in [-0.2, -0.15) is 0 Å². The molecule has 3 aromatic rings. The Balaban J connectivity index is 1.77. The van der Waals surface area contributed by atoms with Crippen LogP contribution in [-0.2, 0) is 12.0 Å². The first kappa shape index (κ1) is 17.6. The van der Waals surface area contributed by atoms with E-state index in [1.807, 2.05) is 12.3 Å². The number of aryl methyl sites for hydroxylation is 1. The van der Waals surface area contributed by atoms with E-state index >= 15 is 0 Å². The lowest BCUT2D eigenvalue weighted by molar-refractivity contribution is 0.0785. The number of amides is 1. The van der Waals surface area contributed by atoms with E-state index in [-0.39, 0.29) is 5.91 Å². The number of nitrogens with one attached hydrogen (secondary N) is 2. The van der Waals surface area contributed by atoms with Crippen LogP contribution in [0.3, 0.4) is 0 Å². The number of aromatic nitrogens is 2. The van der Waals surface area contributed by atoms with Crippen LogP contribution in [0.1, 0.15) is 35.3 Å². The van der Waals surface area contributed by atoms with Crippen molar-refractivity contribution in [3.8, 4) is 0 Å². The predicted molar refractivity (Wildman–Crippen MR) is 103 cm³/mol. The SMILES string of the molecule is CC(C)(O)c1ccc(C(=O)Nc2cc3[nH]cc(CCBr)c3cn2)cc1. The van der Waals surface area contributed by atoms with Gasteiger partial charge in [0.1, 0.15) is 5.82 Å². The van der Waals surface area contributed by atoms with Gasteiger partial charge in [0.05, 0.1) is 11.1 Å². The number of anilines is 1. The molecule has 0 aliphatic heterocycles. The maximum atomic E-state index is 12.4. The van der Waals surface area contributed by atoms with Crippen molar-refractivity contribution in [2.75, 3.05) is 10.6 Å². The van der Waals surface area contributed by atoms with Gasteiger partial charge in [-0.1, -0.05) is 28.1 Å². The Hall–Kier alpha value is -2.18. The Morgan fingerprint density at radius 2 is 2.04 bits per heavy atom. The number of benzene rings is 1. The Morgan fingerprint density at radius 1 is 1.32 bits per heavy atom. The van der Waals surface area contributed by atoms with Gasteiger partial charge in [0, 0.05) is 34.7 Å². The second kappa shape index (κ2) is 6.98. The van der Waals surface area contributed by atoms with Gasteiger partial charge in [0.15, 0.2) is 0 Å². The Labute approximate surface area is 154 Å². The molecular weight excluding hydrogens is 382 g/mol. The number of H-pyrrole nitrogens is 1. The van der Waals surface area contributed by atoms with Crippen molar-refractivity contribution < 1.29 is 9.90 Å². The number of rotatable bonds is 5. The number of fused-ring (bicyclic) bond motifs is 1. The molecular formula is C19H20BrN3O2. The van der Waals surface area contributed by atoms with Crippen molar-refractivity contribution in [1.82, 2.24) is 9.97 Å². The first-order valence-electron chi connectivity index (χ1n) is 8.05. The lowest BCUT2D eigenvalue weighted by atomic mass is 9.97. The third-order valence-electron chi connectivity index (χ3n) is 4.11. The summed E-state index contributed by atoms with van der Waals surface area (Å²) in [6, 6.07) is 8.73. The summed E-state index contributed by atoms with van der Waals surface area (Å²) in [6.45, 7) is 3.42. The van der Waals surface area contributed by atoms with Crippen molar-refractivity contribution in [1.29, 1.82) is 0 Å². The van der Waals surface area contributed by atoms with Crippen LogP contribution in [0.4, 0.5) is 5.82 Å². The summed E-state index contributed by atoms with van der Waals surface area (Å²) >= 11 is 3.44. The highest BCUT2D eigenvalue weighted by atomic mass is 79.9. The number of hydrogen-bond acceptors (Lipinski definition) is 3. The first-order valence-corrected chi connectivity index (χ1v) is 9.17. The van der Waals surface area contributed by atoms with Gasteiger partial charge >= 0.3 is 0 Å². The predicted octanol–water partition coefficient (Wildman–Crippen LogP) is 3.98. The molecule has 0 aliphatic carbocycles. The zero-order valence-corrected chi connectivity index (χ0v) is 15.7. The van der Waals surface area contributed by atoms with E-state index in [1.54, 1.807) is 44.3 Å². The topological polar surface area (TPSA) is 78.0 Å². The maximum Gasteiger partial charge on any atom is 0.256 e. The van der Waals surface area contributed by atoms with Crippen LogP contribution in [0.2, 0.25) is 0 Å². The molecule has 130 valence electrons. The minimum Gasteiger partial charge on any atom is -0.386 e. The highest BCUT2D eigenvalue weighted by molar-refractivity contribution is 9.09. The molecule has 0 radical (unpaired) electrons. The molecule has 5 nitrogen and oxygen atoms in total. The second-order valence-corrected chi connectivity index (χ2v) is 7.25. The second-order valence-electron chi connectivity index (χ2n) is 6.46. The molecule has 0 spiro atoms. The minimum absolute atomic E-state index is 0.235. The number of pyridine rings is 1. The third-order valence-corrected chi connectivity index (χ3v) is 4.51. The maximum absolute atomic E-state index is 12.4. The van der Waals surface area contributed by atoms with Crippen LogP contribution in [-0.4, -0.2) is 26.3 Å². The number of aliphatic hydroxyl groups is 1. The summed E-state index contributed by atoms with van der Waals surface area (Å²) in [6.07, 6.45) is 4.66. The van der Waals surface area contributed by atoms with E-state index in [2.05, 4.69) is 31.2 Å². The van der Waals surface area contributed by atoms with E-state index in [9.17, 15) is 9.90 Å². The molecule has 1 amide bonds. The molecule has 0 atom stereocenters. The van der Waals surface area contributed by atoms with Crippen LogP contribution >= 0.6 is 15.9 Å². The molecule has 3 N–H and O–H groups in total. The summed E-state index contributed by atoms with van der Waals surface area (Å²) < 4.78 is 0. The lowest BCUT2D eigenvalue weighted by Gasteiger charge is -2.17. The van der Waals surface area contributed by atoms with Crippen molar-refractivity contribution in [2.24, 2.45) is 0 Å². The van der Waals surface area contributed by atoms with E-state index in [0.717, 1.165) is 28.2 Å². The smallest absolute Gasteiger partial charge is 0.256 e. The summed E-state index contributed by atoms with van der Waals surface area (Å²) in [5, 5.41) is 14.7. The number of hydrogen-bond donors (Lipinski definition) is 3. The normalized spacial score (nSPS) is 11.7. The van der Waals surface area contributed by atoms with Gasteiger partial charge in [0.25, 0.3) is 5.91 Å². The van der Waals surface area contributed by atoms with Crippen molar-refractivity contribution in [3.05, 3.63) is 59.4 Å². The van der Waals surface area contributed by atoms with Crippen molar-refractivity contribution in [2.45, 2.75) is 25.9 Å². The number of carbonyl (C=O) groups is 1. The standard InChI is InChI=1S/C19H20BrN3O2/c1-19(2,25)14-5-3-12(4-6-14)18(24)23-17-9-16-15(11-22-17)13(7-8-20)10-21-16/h3-6,9-11,21,25H,7-8H2,1-2H3,(H,22,23,24). The van der Waals surface area contributed by atoms with E-state index < -0.39 is 5.60 Å². The number of nitrogens with zero attached hydrogens (tertiary/aromatic N) is 1. The monoisotopic (exact) mass is 401 g/mol. The van der Waals surface area contributed by atoms with Crippen LogP contribution in [0, 0.1) is 0 Å². The molecule has 2 heterocycles. The Morgan fingerprint density at radius 3 is 2.68 bits per heavy atom. The molecule has 25 heavy (non-hydrogen) atoms. The summed E-state index contributed by atoms with van der Waals surface area (Å²) in [4.78, 5) is 19.9. The van der Waals surface area contributed by atoms with Crippen molar-refractivity contribution >= 4 is 38.6 Å². The molecule has 2 aromatic heterocycles. The number of halogens is 1.